The number of hydrogen-bond acceptors (Lipinski definition) is 8. The first-order valence-corrected chi connectivity index (χ1v) is 12.6. The number of methoxy groups -OCH3 is 2. The van der Waals surface area contributed by atoms with Crippen LogP contribution in [0.1, 0.15) is 18.6 Å². The van der Waals surface area contributed by atoms with Crippen LogP contribution in [0.4, 0.5) is 0 Å². The number of benzene rings is 2. The fourth-order valence-electron chi connectivity index (χ4n) is 3.10. The summed E-state index contributed by atoms with van der Waals surface area (Å²) in [6, 6.07) is 21.1. The SMILES string of the molecule is C.COCCOCCOCCN.COCCOCCOCCN(Cc1ccccc1)Cc1ccccc1. The highest BCUT2D eigenvalue weighted by Crippen LogP contribution is 2.09. The number of rotatable bonds is 21. The second kappa shape index (κ2) is 27.2. The lowest BCUT2D eigenvalue weighted by Crippen LogP contribution is -2.27. The number of ether oxygens (including phenoxy) is 6. The summed E-state index contributed by atoms with van der Waals surface area (Å²) < 4.78 is 31.0. The van der Waals surface area contributed by atoms with Gasteiger partial charge in [-0.25, -0.2) is 0 Å². The van der Waals surface area contributed by atoms with Gasteiger partial charge < -0.3 is 34.2 Å². The Morgan fingerprint density at radius 2 is 0.919 bits per heavy atom. The van der Waals surface area contributed by atoms with E-state index in [4.69, 9.17) is 34.2 Å². The van der Waals surface area contributed by atoms with Gasteiger partial charge in [0.1, 0.15) is 0 Å². The molecule has 2 aromatic carbocycles. The molecular weight excluding hydrogens is 472 g/mol. The van der Waals surface area contributed by atoms with Crippen molar-refractivity contribution in [1.29, 1.82) is 0 Å². The summed E-state index contributed by atoms with van der Waals surface area (Å²) in [4.78, 5) is 2.41. The Labute approximate surface area is 224 Å². The van der Waals surface area contributed by atoms with Crippen molar-refractivity contribution in [3.05, 3.63) is 71.8 Å². The van der Waals surface area contributed by atoms with Gasteiger partial charge in [-0.2, -0.15) is 0 Å². The van der Waals surface area contributed by atoms with Crippen molar-refractivity contribution in [2.75, 3.05) is 93.4 Å². The fourth-order valence-corrected chi connectivity index (χ4v) is 3.10. The van der Waals surface area contributed by atoms with E-state index in [-0.39, 0.29) is 7.43 Å². The molecule has 0 aliphatic rings. The Kier molecular flexibility index (Phi) is 25.8. The average molecular weight is 523 g/mol. The smallest absolute Gasteiger partial charge is 0.0701 e. The van der Waals surface area contributed by atoms with E-state index in [0.29, 0.717) is 72.6 Å². The Hall–Kier alpha value is -1.88. The van der Waals surface area contributed by atoms with Gasteiger partial charge in [0, 0.05) is 40.4 Å². The molecule has 0 radical (unpaired) electrons. The molecule has 0 bridgehead atoms. The van der Waals surface area contributed by atoms with Gasteiger partial charge in [0.15, 0.2) is 0 Å². The van der Waals surface area contributed by atoms with E-state index >= 15 is 0 Å². The first kappa shape index (κ1) is 35.1. The van der Waals surface area contributed by atoms with Crippen LogP contribution in [0.15, 0.2) is 60.7 Å². The molecular formula is C29H50N2O6. The predicted octanol–water partition coefficient (Wildman–Crippen LogP) is 3.63. The third-order valence-corrected chi connectivity index (χ3v) is 4.92. The van der Waals surface area contributed by atoms with Crippen LogP contribution < -0.4 is 5.73 Å². The zero-order valence-corrected chi connectivity index (χ0v) is 22.1. The maximum absolute atomic E-state index is 5.71. The van der Waals surface area contributed by atoms with Crippen molar-refractivity contribution in [3.8, 4) is 0 Å². The second-order valence-electron chi connectivity index (χ2n) is 7.91. The average Bonchev–Trinajstić information content (AvgIpc) is 2.91. The Bertz CT molecular complexity index is 644. The normalized spacial score (nSPS) is 10.6. The summed E-state index contributed by atoms with van der Waals surface area (Å²) >= 11 is 0. The molecule has 0 amide bonds. The lowest BCUT2D eigenvalue weighted by Gasteiger charge is -2.22. The molecule has 0 unspecified atom stereocenters. The summed E-state index contributed by atoms with van der Waals surface area (Å²) in [5.74, 6) is 0. The lowest BCUT2D eigenvalue weighted by atomic mass is 10.1. The molecule has 212 valence electrons. The summed E-state index contributed by atoms with van der Waals surface area (Å²) in [7, 11) is 3.32. The minimum absolute atomic E-state index is 0. The van der Waals surface area contributed by atoms with Gasteiger partial charge >= 0.3 is 0 Å². The molecule has 0 atom stereocenters. The maximum Gasteiger partial charge on any atom is 0.0701 e. The first-order chi connectivity index (χ1) is 17.8. The molecule has 0 saturated heterocycles. The number of hydrogen-bond donors (Lipinski definition) is 1. The largest absolute Gasteiger partial charge is 0.382 e. The van der Waals surface area contributed by atoms with E-state index < -0.39 is 0 Å². The zero-order valence-electron chi connectivity index (χ0n) is 22.1. The summed E-state index contributed by atoms with van der Waals surface area (Å²) in [5.41, 5.74) is 7.85. The standard InChI is InChI=1S/C21H29NO3.C7H17NO3.CH4/c1-23-14-15-25-17-16-24-13-12-22(18-20-8-4-2-5-9-20)19-21-10-6-3-7-11-21;1-9-4-5-11-7-6-10-3-2-8;/h2-11H,12-19H2,1H3;2-8H2,1H3;1H4. The molecule has 8 heteroatoms. The summed E-state index contributed by atoms with van der Waals surface area (Å²) in [6.45, 7) is 9.57. The third-order valence-electron chi connectivity index (χ3n) is 4.92. The Morgan fingerprint density at radius 1 is 0.541 bits per heavy atom. The number of nitrogens with two attached hydrogens (primary N) is 1. The van der Waals surface area contributed by atoms with Crippen LogP contribution in [0.3, 0.4) is 0 Å². The molecule has 2 aromatic rings. The van der Waals surface area contributed by atoms with Gasteiger partial charge in [0.2, 0.25) is 0 Å². The minimum Gasteiger partial charge on any atom is -0.382 e. The van der Waals surface area contributed by atoms with Crippen LogP contribution >= 0.6 is 0 Å². The quantitative estimate of drug-likeness (QED) is 0.249. The maximum atomic E-state index is 5.71. The first-order valence-electron chi connectivity index (χ1n) is 12.6. The van der Waals surface area contributed by atoms with Crippen LogP contribution in [0.2, 0.25) is 0 Å². The highest BCUT2D eigenvalue weighted by atomic mass is 16.5. The lowest BCUT2D eigenvalue weighted by molar-refractivity contribution is 0.0184. The molecule has 0 aliphatic heterocycles. The monoisotopic (exact) mass is 522 g/mol. The predicted molar refractivity (Wildman–Crippen MR) is 150 cm³/mol. The fraction of sp³-hybridized carbons (Fsp3) is 0.586. The minimum atomic E-state index is 0. The molecule has 0 fully saturated rings. The topological polar surface area (TPSA) is 84.6 Å². The van der Waals surface area contributed by atoms with Crippen molar-refractivity contribution < 1.29 is 28.4 Å². The van der Waals surface area contributed by atoms with Crippen molar-refractivity contribution in [3.63, 3.8) is 0 Å². The van der Waals surface area contributed by atoms with Gasteiger partial charge in [-0.1, -0.05) is 68.1 Å². The van der Waals surface area contributed by atoms with E-state index in [1.165, 1.54) is 11.1 Å². The molecule has 0 aromatic heterocycles. The van der Waals surface area contributed by atoms with E-state index in [2.05, 4.69) is 65.6 Å². The van der Waals surface area contributed by atoms with Crippen molar-refractivity contribution in [2.45, 2.75) is 20.5 Å². The van der Waals surface area contributed by atoms with Gasteiger partial charge in [0.25, 0.3) is 0 Å². The van der Waals surface area contributed by atoms with Gasteiger partial charge in [-0.05, 0) is 11.1 Å². The molecule has 37 heavy (non-hydrogen) atoms. The van der Waals surface area contributed by atoms with Crippen LogP contribution in [-0.4, -0.2) is 98.3 Å². The second-order valence-corrected chi connectivity index (χ2v) is 7.91. The third kappa shape index (κ3) is 21.9. The molecule has 0 spiro atoms. The molecule has 0 aliphatic carbocycles. The molecule has 0 heterocycles. The van der Waals surface area contributed by atoms with E-state index in [9.17, 15) is 0 Å². The molecule has 2 N–H and O–H groups in total. The van der Waals surface area contributed by atoms with E-state index in [1.54, 1.807) is 14.2 Å². The number of nitrogens with zero attached hydrogens (tertiary/aromatic N) is 1. The van der Waals surface area contributed by atoms with Crippen LogP contribution in [0, 0.1) is 0 Å². The van der Waals surface area contributed by atoms with Crippen molar-refractivity contribution in [1.82, 2.24) is 4.90 Å². The van der Waals surface area contributed by atoms with Crippen LogP contribution in [0.25, 0.3) is 0 Å². The molecule has 8 nitrogen and oxygen atoms in total. The highest BCUT2D eigenvalue weighted by molar-refractivity contribution is 5.17. The molecule has 2 rings (SSSR count). The van der Waals surface area contributed by atoms with Crippen molar-refractivity contribution >= 4 is 0 Å². The van der Waals surface area contributed by atoms with Crippen LogP contribution in [-0.2, 0) is 41.5 Å². The summed E-state index contributed by atoms with van der Waals surface area (Å²) in [6.07, 6.45) is 0. The summed E-state index contributed by atoms with van der Waals surface area (Å²) in [5, 5.41) is 0. The van der Waals surface area contributed by atoms with Gasteiger partial charge in [-0.3, -0.25) is 4.90 Å². The zero-order chi connectivity index (χ0) is 25.9. The Morgan fingerprint density at radius 3 is 1.32 bits per heavy atom. The molecule has 0 saturated carbocycles. The van der Waals surface area contributed by atoms with Crippen molar-refractivity contribution in [2.24, 2.45) is 5.73 Å². The van der Waals surface area contributed by atoms with E-state index in [1.807, 2.05) is 0 Å². The van der Waals surface area contributed by atoms with Gasteiger partial charge in [-0.15, -0.1) is 0 Å². The van der Waals surface area contributed by atoms with Crippen LogP contribution in [0.5, 0.6) is 0 Å². The highest BCUT2D eigenvalue weighted by Gasteiger charge is 2.07. The van der Waals surface area contributed by atoms with E-state index in [0.717, 1.165) is 19.6 Å². The Balaban J connectivity index is 0.000000918. The van der Waals surface area contributed by atoms with Gasteiger partial charge in [0.05, 0.1) is 66.1 Å².